The summed E-state index contributed by atoms with van der Waals surface area (Å²) in [7, 11) is 1.73. The van der Waals surface area contributed by atoms with Crippen molar-refractivity contribution in [2.24, 2.45) is 10.9 Å². The zero-order valence-electron chi connectivity index (χ0n) is 15.4. The Labute approximate surface area is 157 Å². The lowest BCUT2D eigenvalue weighted by molar-refractivity contribution is -0.148. The highest BCUT2D eigenvalue weighted by Gasteiger charge is 2.32. The minimum atomic E-state index is -4.09. The van der Waals surface area contributed by atoms with Crippen molar-refractivity contribution in [2.75, 3.05) is 39.8 Å². The Hall–Kier alpha value is -1.35. The summed E-state index contributed by atoms with van der Waals surface area (Å²) >= 11 is 1.70. The van der Waals surface area contributed by atoms with Crippen molar-refractivity contribution < 1.29 is 13.2 Å². The second kappa shape index (κ2) is 10.1. The number of aliphatic imine (C=N–C) groups is 1. The molecule has 0 saturated carbocycles. The van der Waals surface area contributed by atoms with Crippen LogP contribution in [0.25, 0.3) is 0 Å². The van der Waals surface area contributed by atoms with Gasteiger partial charge in [0.25, 0.3) is 0 Å². The molecule has 0 bridgehead atoms. The lowest BCUT2D eigenvalue weighted by atomic mass is 9.93. The molecule has 9 heteroatoms. The van der Waals surface area contributed by atoms with Crippen LogP contribution in [0.2, 0.25) is 0 Å². The third-order valence-electron chi connectivity index (χ3n) is 4.48. The third kappa shape index (κ3) is 7.90. The largest absolute Gasteiger partial charge is 0.401 e. The van der Waals surface area contributed by atoms with E-state index in [4.69, 9.17) is 0 Å². The van der Waals surface area contributed by atoms with E-state index in [0.29, 0.717) is 19.0 Å². The predicted octanol–water partition coefficient (Wildman–Crippen LogP) is 2.82. The molecule has 0 unspecified atom stereocenters. The van der Waals surface area contributed by atoms with Gasteiger partial charge in [0.1, 0.15) is 0 Å². The van der Waals surface area contributed by atoms with Crippen LogP contribution in [0.15, 0.2) is 11.2 Å². The topological polar surface area (TPSA) is 52.6 Å². The van der Waals surface area contributed by atoms with E-state index in [0.717, 1.165) is 49.7 Å². The van der Waals surface area contributed by atoms with Crippen LogP contribution in [-0.4, -0.2) is 61.8 Å². The number of halogens is 3. The fourth-order valence-corrected chi connectivity index (χ4v) is 3.89. The molecular weight excluding hydrogens is 363 g/mol. The Morgan fingerprint density at radius 2 is 2.00 bits per heavy atom. The van der Waals surface area contributed by atoms with E-state index in [1.165, 1.54) is 9.78 Å². The Morgan fingerprint density at radius 3 is 2.58 bits per heavy atom. The molecule has 5 nitrogen and oxygen atoms in total. The molecule has 0 spiro atoms. The van der Waals surface area contributed by atoms with Gasteiger partial charge in [0, 0.05) is 37.6 Å². The van der Waals surface area contributed by atoms with Crippen molar-refractivity contribution in [2.45, 2.75) is 38.8 Å². The molecule has 2 heterocycles. The van der Waals surface area contributed by atoms with Gasteiger partial charge in [0.2, 0.25) is 0 Å². The molecule has 0 radical (unpaired) electrons. The summed E-state index contributed by atoms with van der Waals surface area (Å²) in [6, 6.07) is 0. The molecule has 26 heavy (non-hydrogen) atoms. The first-order valence-electron chi connectivity index (χ1n) is 9.00. The number of alkyl halides is 3. The number of hydrogen-bond donors (Lipinski definition) is 2. The summed E-state index contributed by atoms with van der Waals surface area (Å²) in [6.07, 6.45) is 1.25. The highest BCUT2D eigenvalue weighted by molar-refractivity contribution is 7.11. The van der Waals surface area contributed by atoms with Crippen LogP contribution in [-0.2, 0) is 6.42 Å². The SMILES string of the molecule is CN=C(NCCc1ncc(C)s1)NCCC1CCN(CC(F)(F)F)CC1. The molecule has 0 atom stereocenters. The van der Waals surface area contributed by atoms with Crippen molar-refractivity contribution in [1.29, 1.82) is 0 Å². The van der Waals surface area contributed by atoms with E-state index in [1.54, 1.807) is 18.4 Å². The fourth-order valence-electron chi connectivity index (χ4n) is 3.11. The van der Waals surface area contributed by atoms with Crippen molar-refractivity contribution in [1.82, 2.24) is 20.5 Å². The van der Waals surface area contributed by atoms with Crippen LogP contribution < -0.4 is 10.6 Å². The van der Waals surface area contributed by atoms with E-state index in [1.807, 2.05) is 13.1 Å². The molecule has 0 aromatic carbocycles. The van der Waals surface area contributed by atoms with Gasteiger partial charge in [-0.1, -0.05) is 0 Å². The fraction of sp³-hybridized carbons (Fsp3) is 0.765. The first-order valence-corrected chi connectivity index (χ1v) is 9.82. The maximum absolute atomic E-state index is 12.4. The average molecular weight is 392 g/mol. The number of aromatic nitrogens is 1. The summed E-state index contributed by atoms with van der Waals surface area (Å²) in [5.41, 5.74) is 0. The molecule has 1 aliphatic rings. The highest BCUT2D eigenvalue weighted by Crippen LogP contribution is 2.23. The summed E-state index contributed by atoms with van der Waals surface area (Å²) in [5, 5.41) is 7.66. The number of thiazole rings is 1. The van der Waals surface area contributed by atoms with Gasteiger partial charge in [0.05, 0.1) is 11.6 Å². The van der Waals surface area contributed by atoms with Crippen LogP contribution in [0.3, 0.4) is 0 Å². The number of piperidine rings is 1. The Kier molecular flexibility index (Phi) is 8.15. The summed E-state index contributed by atoms with van der Waals surface area (Å²) in [6.45, 7) is 3.87. The second-order valence-electron chi connectivity index (χ2n) is 6.66. The zero-order chi connectivity index (χ0) is 19.0. The number of guanidine groups is 1. The highest BCUT2D eigenvalue weighted by atomic mass is 32.1. The smallest absolute Gasteiger partial charge is 0.356 e. The minimum Gasteiger partial charge on any atom is -0.356 e. The monoisotopic (exact) mass is 391 g/mol. The second-order valence-corrected chi connectivity index (χ2v) is 7.98. The van der Waals surface area contributed by atoms with Crippen LogP contribution in [0.5, 0.6) is 0 Å². The van der Waals surface area contributed by atoms with E-state index >= 15 is 0 Å². The Bertz CT molecular complexity index is 565. The summed E-state index contributed by atoms with van der Waals surface area (Å²) < 4.78 is 37.2. The first-order chi connectivity index (χ1) is 12.4. The maximum atomic E-state index is 12.4. The molecule has 1 saturated heterocycles. The molecule has 0 amide bonds. The lowest BCUT2D eigenvalue weighted by Crippen LogP contribution is -2.42. The van der Waals surface area contributed by atoms with Crippen LogP contribution >= 0.6 is 11.3 Å². The number of nitrogens with zero attached hydrogens (tertiary/aromatic N) is 3. The Balaban J connectivity index is 1.58. The number of aryl methyl sites for hydroxylation is 1. The number of rotatable bonds is 7. The van der Waals surface area contributed by atoms with Gasteiger partial charge in [-0.3, -0.25) is 9.89 Å². The van der Waals surface area contributed by atoms with Gasteiger partial charge < -0.3 is 10.6 Å². The molecule has 0 aliphatic carbocycles. The van der Waals surface area contributed by atoms with E-state index in [-0.39, 0.29) is 0 Å². The molecule has 1 aromatic heterocycles. The molecular formula is C17H28F3N5S. The van der Waals surface area contributed by atoms with Gasteiger partial charge >= 0.3 is 6.18 Å². The van der Waals surface area contributed by atoms with Crippen LogP contribution in [0.1, 0.15) is 29.1 Å². The molecule has 2 rings (SSSR count). The standard InChI is InChI=1S/C17H28F3N5S/c1-13-11-24-15(26-13)4-8-23-16(21-2)22-7-3-14-5-9-25(10-6-14)12-17(18,19)20/h11,14H,3-10,12H2,1-2H3,(H2,21,22,23). The van der Waals surface area contributed by atoms with Gasteiger partial charge in [-0.2, -0.15) is 13.2 Å². The molecule has 148 valence electrons. The molecule has 2 N–H and O–H groups in total. The molecule has 1 aliphatic heterocycles. The zero-order valence-corrected chi connectivity index (χ0v) is 16.2. The quantitative estimate of drug-likeness (QED) is 0.554. The maximum Gasteiger partial charge on any atom is 0.401 e. The molecule has 1 aromatic rings. The summed E-state index contributed by atoms with van der Waals surface area (Å²) in [4.78, 5) is 11.3. The average Bonchev–Trinajstić information content (AvgIpc) is 2.99. The van der Waals surface area contributed by atoms with Gasteiger partial charge in [-0.05, 0) is 45.2 Å². The predicted molar refractivity (Wildman–Crippen MR) is 99.8 cm³/mol. The Morgan fingerprint density at radius 1 is 1.31 bits per heavy atom. The number of nitrogens with one attached hydrogen (secondary N) is 2. The summed E-state index contributed by atoms with van der Waals surface area (Å²) in [5.74, 6) is 1.23. The lowest BCUT2D eigenvalue weighted by Gasteiger charge is -2.32. The number of likely N-dealkylation sites (tertiary alicyclic amines) is 1. The normalized spacial score (nSPS) is 17.5. The van der Waals surface area contributed by atoms with Crippen molar-refractivity contribution in [3.05, 3.63) is 16.1 Å². The van der Waals surface area contributed by atoms with Crippen molar-refractivity contribution in [3.8, 4) is 0 Å². The minimum absolute atomic E-state index is 0.475. The van der Waals surface area contributed by atoms with Crippen LogP contribution in [0.4, 0.5) is 13.2 Å². The van der Waals surface area contributed by atoms with Crippen molar-refractivity contribution in [3.63, 3.8) is 0 Å². The van der Waals surface area contributed by atoms with E-state index < -0.39 is 12.7 Å². The first kappa shape index (κ1) is 21.0. The molecule has 1 fully saturated rings. The van der Waals surface area contributed by atoms with Gasteiger partial charge in [-0.25, -0.2) is 4.98 Å². The van der Waals surface area contributed by atoms with Crippen molar-refractivity contribution >= 4 is 17.3 Å². The van der Waals surface area contributed by atoms with Crippen LogP contribution in [0, 0.1) is 12.8 Å². The van der Waals surface area contributed by atoms with E-state index in [2.05, 4.69) is 20.6 Å². The van der Waals surface area contributed by atoms with Gasteiger partial charge in [-0.15, -0.1) is 11.3 Å². The van der Waals surface area contributed by atoms with E-state index in [9.17, 15) is 13.2 Å². The number of hydrogen-bond acceptors (Lipinski definition) is 4. The third-order valence-corrected chi connectivity index (χ3v) is 5.45. The van der Waals surface area contributed by atoms with Gasteiger partial charge in [0.15, 0.2) is 5.96 Å².